The van der Waals surface area contributed by atoms with Crippen molar-refractivity contribution in [2.75, 3.05) is 11.4 Å². The van der Waals surface area contributed by atoms with Gasteiger partial charge in [-0.3, -0.25) is 9.59 Å². The first-order valence-electron chi connectivity index (χ1n) is 6.86. The van der Waals surface area contributed by atoms with Crippen LogP contribution >= 0.6 is 0 Å². The lowest BCUT2D eigenvalue weighted by atomic mass is 10.2. The van der Waals surface area contributed by atoms with Crippen LogP contribution in [0.4, 0.5) is 5.69 Å². The van der Waals surface area contributed by atoms with Crippen LogP contribution in [0.3, 0.4) is 0 Å². The van der Waals surface area contributed by atoms with E-state index in [0.29, 0.717) is 12.2 Å². The molecule has 1 aliphatic rings. The predicted octanol–water partition coefficient (Wildman–Crippen LogP) is 1.24. The van der Waals surface area contributed by atoms with Gasteiger partial charge in [0.05, 0.1) is 0 Å². The van der Waals surface area contributed by atoms with Crippen molar-refractivity contribution in [3.63, 3.8) is 0 Å². The molecule has 0 spiro atoms. The first-order valence-corrected chi connectivity index (χ1v) is 6.86. The van der Waals surface area contributed by atoms with Gasteiger partial charge in [-0.05, 0) is 37.6 Å². The smallest absolute Gasteiger partial charge is 0.333 e. The fourth-order valence-electron chi connectivity index (χ4n) is 2.18. The zero-order valence-corrected chi connectivity index (χ0v) is 12.1. The summed E-state index contributed by atoms with van der Waals surface area (Å²) in [6.45, 7) is 3.62. The molecule has 0 radical (unpaired) electrons. The van der Waals surface area contributed by atoms with Crippen LogP contribution in [-0.2, 0) is 14.4 Å². The molecule has 1 unspecified atom stereocenters. The van der Waals surface area contributed by atoms with E-state index < -0.39 is 12.0 Å². The van der Waals surface area contributed by atoms with Crippen LogP contribution in [0.1, 0.15) is 26.7 Å². The Labute approximate surface area is 123 Å². The van der Waals surface area contributed by atoms with Crippen molar-refractivity contribution < 1.29 is 19.1 Å². The third-order valence-electron chi connectivity index (χ3n) is 3.21. The number of carbonyl (C=O) groups is 3. The third kappa shape index (κ3) is 3.81. The van der Waals surface area contributed by atoms with Gasteiger partial charge in [-0.2, -0.15) is 0 Å². The van der Waals surface area contributed by atoms with E-state index in [4.69, 9.17) is 4.74 Å². The van der Waals surface area contributed by atoms with E-state index >= 15 is 0 Å². The summed E-state index contributed by atoms with van der Waals surface area (Å²) in [5.74, 6) is -0.329. The van der Waals surface area contributed by atoms with E-state index in [-0.39, 0.29) is 11.8 Å². The average Bonchev–Trinajstić information content (AvgIpc) is 2.85. The van der Waals surface area contributed by atoms with Crippen LogP contribution in [0.25, 0.3) is 0 Å². The number of hydrogen-bond acceptors (Lipinski definition) is 4. The highest BCUT2D eigenvalue weighted by Gasteiger charge is 2.22. The second kappa shape index (κ2) is 6.39. The van der Waals surface area contributed by atoms with Crippen molar-refractivity contribution in [3.8, 4) is 5.75 Å². The first kappa shape index (κ1) is 15.0. The van der Waals surface area contributed by atoms with Crippen LogP contribution in [0.15, 0.2) is 24.3 Å². The van der Waals surface area contributed by atoms with Crippen molar-refractivity contribution >= 4 is 23.5 Å². The van der Waals surface area contributed by atoms with E-state index in [2.05, 4.69) is 5.32 Å². The van der Waals surface area contributed by atoms with E-state index in [1.54, 1.807) is 36.1 Å². The van der Waals surface area contributed by atoms with Crippen LogP contribution in [0, 0.1) is 0 Å². The van der Waals surface area contributed by atoms with Crippen LogP contribution < -0.4 is 15.0 Å². The first-order chi connectivity index (χ1) is 9.97. The Hall–Kier alpha value is -2.37. The van der Waals surface area contributed by atoms with Crippen molar-refractivity contribution in [3.05, 3.63) is 24.3 Å². The Kier molecular flexibility index (Phi) is 4.57. The van der Waals surface area contributed by atoms with Gasteiger partial charge in [0.2, 0.25) is 11.8 Å². The molecule has 1 saturated heterocycles. The second-order valence-corrected chi connectivity index (χ2v) is 4.99. The summed E-state index contributed by atoms with van der Waals surface area (Å²) < 4.78 is 5.16. The molecule has 1 heterocycles. The van der Waals surface area contributed by atoms with Crippen molar-refractivity contribution in [2.24, 2.45) is 0 Å². The minimum absolute atomic E-state index is 0.110. The zero-order valence-electron chi connectivity index (χ0n) is 12.1. The molecule has 1 atom stereocenters. The summed E-state index contributed by atoms with van der Waals surface area (Å²) >= 11 is 0. The zero-order chi connectivity index (χ0) is 15.4. The van der Waals surface area contributed by atoms with Crippen molar-refractivity contribution in [1.29, 1.82) is 0 Å². The lowest BCUT2D eigenvalue weighted by molar-refractivity contribution is -0.138. The van der Waals surface area contributed by atoms with Crippen LogP contribution in [-0.4, -0.2) is 30.4 Å². The van der Waals surface area contributed by atoms with Crippen molar-refractivity contribution in [2.45, 2.75) is 32.7 Å². The highest BCUT2D eigenvalue weighted by Crippen LogP contribution is 2.24. The van der Waals surface area contributed by atoms with E-state index in [1.165, 1.54) is 6.92 Å². The van der Waals surface area contributed by atoms with Gasteiger partial charge in [0.25, 0.3) is 0 Å². The monoisotopic (exact) mass is 290 g/mol. The Bertz CT molecular complexity index is 553. The summed E-state index contributed by atoms with van der Waals surface area (Å²) in [6.07, 6.45) is 1.44. The number of hydrogen-bond donors (Lipinski definition) is 1. The van der Waals surface area contributed by atoms with Gasteiger partial charge in [-0.1, -0.05) is 0 Å². The molecular formula is C15H18N2O4. The van der Waals surface area contributed by atoms with E-state index in [9.17, 15) is 14.4 Å². The quantitative estimate of drug-likeness (QED) is 0.668. The minimum atomic E-state index is -0.706. The largest absolute Gasteiger partial charge is 0.425 e. The normalized spacial score (nSPS) is 15.7. The number of anilines is 1. The summed E-state index contributed by atoms with van der Waals surface area (Å²) in [7, 11) is 0. The maximum atomic E-state index is 11.7. The van der Waals surface area contributed by atoms with Gasteiger partial charge in [0.1, 0.15) is 11.8 Å². The molecule has 112 valence electrons. The number of amides is 2. The number of nitrogens with one attached hydrogen (secondary N) is 1. The molecule has 21 heavy (non-hydrogen) atoms. The van der Waals surface area contributed by atoms with E-state index in [0.717, 1.165) is 18.7 Å². The van der Waals surface area contributed by atoms with Gasteiger partial charge >= 0.3 is 5.97 Å². The van der Waals surface area contributed by atoms with Crippen LogP contribution in [0.5, 0.6) is 5.75 Å². The average molecular weight is 290 g/mol. The molecule has 0 bridgehead atoms. The molecule has 0 saturated carbocycles. The van der Waals surface area contributed by atoms with Crippen LogP contribution in [0.2, 0.25) is 0 Å². The third-order valence-corrected chi connectivity index (χ3v) is 3.21. The summed E-state index contributed by atoms with van der Waals surface area (Å²) in [6, 6.07) is 6.06. The molecule has 2 rings (SSSR count). The number of ether oxygens (including phenoxy) is 1. The number of esters is 1. The standard InChI is InChI=1S/C15H18N2O4/c1-10(16-11(2)18)15(20)21-13-7-5-12(6-8-13)17-9-3-4-14(17)19/h5-8,10H,3-4,9H2,1-2H3,(H,16,18). The fourth-order valence-corrected chi connectivity index (χ4v) is 2.18. The topological polar surface area (TPSA) is 75.7 Å². The molecular weight excluding hydrogens is 272 g/mol. The van der Waals surface area contributed by atoms with Gasteiger partial charge in [-0.15, -0.1) is 0 Å². The van der Waals surface area contributed by atoms with Gasteiger partial charge in [0.15, 0.2) is 0 Å². The van der Waals surface area contributed by atoms with E-state index in [1.807, 2.05) is 0 Å². The molecule has 1 aromatic rings. The van der Waals surface area contributed by atoms with Gasteiger partial charge < -0.3 is 15.0 Å². The summed E-state index contributed by atoms with van der Waals surface area (Å²) in [4.78, 5) is 36.0. The Morgan fingerprint density at radius 1 is 1.29 bits per heavy atom. The van der Waals surface area contributed by atoms with Gasteiger partial charge in [-0.25, -0.2) is 4.79 Å². The highest BCUT2D eigenvalue weighted by atomic mass is 16.5. The van der Waals surface area contributed by atoms with Crippen molar-refractivity contribution in [1.82, 2.24) is 5.32 Å². The molecule has 1 aromatic carbocycles. The summed E-state index contributed by atoms with van der Waals surface area (Å²) in [5, 5.41) is 2.46. The molecule has 2 amide bonds. The lowest BCUT2D eigenvalue weighted by Crippen LogP contribution is -2.39. The second-order valence-electron chi connectivity index (χ2n) is 4.99. The molecule has 6 heteroatoms. The maximum absolute atomic E-state index is 11.7. The lowest BCUT2D eigenvalue weighted by Gasteiger charge is -2.16. The molecule has 1 fully saturated rings. The molecule has 1 N–H and O–H groups in total. The SMILES string of the molecule is CC(=O)NC(C)C(=O)Oc1ccc(N2CCCC2=O)cc1. The Morgan fingerprint density at radius 3 is 2.48 bits per heavy atom. The molecule has 6 nitrogen and oxygen atoms in total. The maximum Gasteiger partial charge on any atom is 0.333 e. The number of rotatable bonds is 4. The Balaban J connectivity index is 1.97. The fraction of sp³-hybridized carbons (Fsp3) is 0.400. The molecule has 1 aliphatic heterocycles. The molecule has 0 aromatic heterocycles. The summed E-state index contributed by atoms with van der Waals surface area (Å²) in [5.41, 5.74) is 0.798. The number of benzene rings is 1. The number of carbonyl (C=O) groups excluding carboxylic acids is 3. The number of nitrogens with zero attached hydrogens (tertiary/aromatic N) is 1. The highest BCUT2D eigenvalue weighted by molar-refractivity contribution is 5.95. The molecule has 0 aliphatic carbocycles. The van der Waals surface area contributed by atoms with Gasteiger partial charge in [0, 0.05) is 25.6 Å². The minimum Gasteiger partial charge on any atom is -0.425 e. The predicted molar refractivity (Wildman–Crippen MR) is 76.9 cm³/mol. The Morgan fingerprint density at radius 2 is 1.95 bits per heavy atom.